The molecular formula is C17H19N3S. The lowest BCUT2D eigenvalue weighted by Gasteiger charge is -2.04. The van der Waals surface area contributed by atoms with Gasteiger partial charge in [0.05, 0.1) is 5.69 Å². The second kappa shape index (κ2) is 6.14. The number of thiophene rings is 1. The third-order valence-electron chi connectivity index (χ3n) is 3.64. The average molecular weight is 297 g/mol. The van der Waals surface area contributed by atoms with Crippen molar-refractivity contribution in [1.29, 1.82) is 0 Å². The molecular weight excluding hydrogens is 278 g/mol. The van der Waals surface area contributed by atoms with Crippen molar-refractivity contribution in [2.75, 3.05) is 5.73 Å². The Morgan fingerprint density at radius 3 is 2.62 bits per heavy atom. The first-order valence-corrected chi connectivity index (χ1v) is 8.03. The van der Waals surface area contributed by atoms with Gasteiger partial charge < -0.3 is 5.73 Å². The minimum atomic E-state index is 0.743. The number of nitrogen functional groups attached to an aromatic ring is 1. The second-order valence-corrected chi connectivity index (χ2v) is 6.16. The number of rotatable bonds is 5. The molecule has 3 aromatic rings. The Morgan fingerprint density at radius 1 is 1.10 bits per heavy atom. The Hall–Kier alpha value is -2.07. The van der Waals surface area contributed by atoms with Gasteiger partial charge in [-0.2, -0.15) is 5.10 Å². The largest absolute Gasteiger partial charge is 0.383 e. The zero-order valence-corrected chi connectivity index (χ0v) is 12.9. The Labute approximate surface area is 129 Å². The predicted molar refractivity (Wildman–Crippen MR) is 89.4 cm³/mol. The Bertz CT molecular complexity index is 699. The van der Waals surface area contributed by atoms with E-state index < -0.39 is 0 Å². The summed E-state index contributed by atoms with van der Waals surface area (Å²) in [6.45, 7) is 0. The fourth-order valence-corrected chi connectivity index (χ4v) is 3.33. The smallest absolute Gasteiger partial charge is 0.129 e. The van der Waals surface area contributed by atoms with E-state index in [0.29, 0.717) is 0 Å². The maximum Gasteiger partial charge on any atom is 0.129 e. The first-order valence-electron chi connectivity index (χ1n) is 7.15. The standard InChI is InChI=1S/C17H19N3S/c1-20-17(18)16(13-7-3-2-4-8-13)15(19-20)11-5-9-14-10-6-12-21-14/h2-4,6-8,10,12H,5,9,11,18H2,1H3. The Kier molecular flexibility index (Phi) is 4.06. The second-order valence-electron chi connectivity index (χ2n) is 5.13. The molecule has 0 saturated carbocycles. The van der Waals surface area contributed by atoms with Crippen molar-refractivity contribution in [3.8, 4) is 11.1 Å². The van der Waals surface area contributed by atoms with Gasteiger partial charge in [0.1, 0.15) is 5.82 Å². The van der Waals surface area contributed by atoms with Crippen LogP contribution in [0.2, 0.25) is 0 Å². The van der Waals surface area contributed by atoms with E-state index in [4.69, 9.17) is 5.73 Å². The van der Waals surface area contributed by atoms with Crippen LogP contribution in [0.4, 0.5) is 5.82 Å². The van der Waals surface area contributed by atoms with Crippen molar-refractivity contribution < 1.29 is 0 Å². The molecule has 0 saturated heterocycles. The summed E-state index contributed by atoms with van der Waals surface area (Å²) in [5.74, 6) is 0.743. The van der Waals surface area contributed by atoms with Crippen molar-refractivity contribution in [2.24, 2.45) is 7.05 Å². The van der Waals surface area contributed by atoms with Crippen molar-refractivity contribution in [2.45, 2.75) is 19.3 Å². The fraction of sp³-hybridized carbons (Fsp3) is 0.235. The SMILES string of the molecule is Cn1nc(CCCc2cccs2)c(-c2ccccc2)c1N. The van der Waals surface area contributed by atoms with Crippen LogP contribution in [0.25, 0.3) is 11.1 Å². The molecule has 4 heteroatoms. The topological polar surface area (TPSA) is 43.8 Å². The molecule has 3 rings (SSSR count). The van der Waals surface area contributed by atoms with Gasteiger partial charge in [-0.05, 0) is 36.3 Å². The highest BCUT2D eigenvalue weighted by Crippen LogP contribution is 2.30. The average Bonchev–Trinajstić information content (AvgIpc) is 3.10. The Morgan fingerprint density at radius 2 is 1.90 bits per heavy atom. The minimum absolute atomic E-state index is 0.743. The number of aryl methyl sites for hydroxylation is 3. The molecule has 0 aliphatic rings. The van der Waals surface area contributed by atoms with E-state index in [2.05, 4.69) is 34.7 Å². The summed E-state index contributed by atoms with van der Waals surface area (Å²) in [7, 11) is 1.91. The van der Waals surface area contributed by atoms with E-state index in [1.165, 1.54) is 4.88 Å². The minimum Gasteiger partial charge on any atom is -0.383 e. The van der Waals surface area contributed by atoms with Crippen molar-refractivity contribution >= 4 is 17.2 Å². The van der Waals surface area contributed by atoms with E-state index in [1.807, 2.05) is 36.6 Å². The number of hydrogen-bond donors (Lipinski definition) is 1. The van der Waals surface area contributed by atoms with Gasteiger partial charge in [0.15, 0.2) is 0 Å². The van der Waals surface area contributed by atoms with E-state index in [-0.39, 0.29) is 0 Å². The summed E-state index contributed by atoms with van der Waals surface area (Å²) < 4.78 is 1.78. The van der Waals surface area contributed by atoms with Crippen LogP contribution in [0, 0.1) is 0 Å². The highest BCUT2D eigenvalue weighted by atomic mass is 32.1. The van der Waals surface area contributed by atoms with Crippen LogP contribution in [0.1, 0.15) is 17.0 Å². The van der Waals surface area contributed by atoms with Crippen molar-refractivity contribution in [3.05, 3.63) is 58.4 Å². The van der Waals surface area contributed by atoms with E-state index in [0.717, 1.165) is 41.9 Å². The molecule has 2 aromatic heterocycles. The molecule has 0 atom stereocenters. The van der Waals surface area contributed by atoms with Crippen LogP contribution in [0.5, 0.6) is 0 Å². The number of aromatic nitrogens is 2. The molecule has 2 heterocycles. The summed E-state index contributed by atoms with van der Waals surface area (Å²) in [6, 6.07) is 14.6. The molecule has 108 valence electrons. The van der Waals surface area contributed by atoms with Crippen LogP contribution in [0.3, 0.4) is 0 Å². The Balaban J connectivity index is 1.80. The highest BCUT2D eigenvalue weighted by molar-refractivity contribution is 7.09. The number of hydrogen-bond acceptors (Lipinski definition) is 3. The fourth-order valence-electron chi connectivity index (χ4n) is 2.57. The molecule has 0 unspecified atom stereocenters. The van der Waals surface area contributed by atoms with Gasteiger partial charge in [-0.1, -0.05) is 36.4 Å². The monoisotopic (exact) mass is 297 g/mol. The van der Waals surface area contributed by atoms with Gasteiger partial charge in [-0.15, -0.1) is 11.3 Å². The third-order valence-corrected chi connectivity index (χ3v) is 4.58. The lowest BCUT2D eigenvalue weighted by molar-refractivity contribution is 0.727. The zero-order chi connectivity index (χ0) is 14.7. The molecule has 0 aliphatic carbocycles. The number of anilines is 1. The molecule has 3 nitrogen and oxygen atoms in total. The maximum atomic E-state index is 6.20. The van der Waals surface area contributed by atoms with Gasteiger partial charge in [0.2, 0.25) is 0 Å². The lowest BCUT2D eigenvalue weighted by atomic mass is 10.0. The van der Waals surface area contributed by atoms with Crippen LogP contribution in [-0.4, -0.2) is 9.78 Å². The third kappa shape index (κ3) is 3.00. The molecule has 1 aromatic carbocycles. The zero-order valence-electron chi connectivity index (χ0n) is 12.1. The van der Waals surface area contributed by atoms with Crippen LogP contribution in [0.15, 0.2) is 47.8 Å². The molecule has 2 N–H and O–H groups in total. The van der Waals surface area contributed by atoms with Gasteiger partial charge in [-0.25, -0.2) is 0 Å². The first-order chi connectivity index (χ1) is 10.3. The molecule has 0 bridgehead atoms. The highest BCUT2D eigenvalue weighted by Gasteiger charge is 2.15. The van der Waals surface area contributed by atoms with Gasteiger partial charge in [0.25, 0.3) is 0 Å². The number of nitrogens with zero attached hydrogens (tertiary/aromatic N) is 2. The van der Waals surface area contributed by atoms with Crippen LogP contribution in [-0.2, 0) is 19.9 Å². The molecule has 0 fully saturated rings. The lowest BCUT2D eigenvalue weighted by Crippen LogP contribution is -1.98. The molecule has 21 heavy (non-hydrogen) atoms. The summed E-state index contributed by atoms with van der Waals surface area (Å²) in [5.41, 5.74) is 9.53. The summed E-state index contributed by atoms with van der Waals surface area (Å²) >= 11 is 1.82. The van der Waals surface area contributed by atoms with Crippen LogP contribution < -0.4 is 5.73 Å². The maximum absolute atomic E-state index is 6.20. The molecule has 0 spiro atoms. The normalized spacial score (nSPS) is 10.9. The van der Waals surface area contributed by atoms with E-state index in [9.17, 15) is 0 Å². The first kappa shape index (κ1) is 13.9. The van der Waals surface area contributed by atoms with Crippen molar-refractivity contribution in [1.82, 2.24) is 9.78 Å². The van der Waals surface area contributed by atoms with Crippen molar-refractivity contribution in [3.63, 3.8) is 0 Å². The molecule has 0 aliphatic heterocycles. The summed E-state index contributed by atoms with van der Waals surface area (Å²) in [4.78, 5) is 1.43. The quantitative estimate of drug-likeness (QED) is 0.776. The molecule has 0 amide bonds. The van der Waals surface area contributed by atoms with Gasteiger partial charge in [0, 0.05) is 17.5 Å². The van der Waals surface area contributed by atoms with E-state index >= 15 is 0 Å². The van der Waals surface area contributed by atoms with Crippen LogP contribution >= 0.6 is 11.3 Å². The van der Waals surface area contributed by atoms with E-state index in [1.54, 1.807) is 4.68 Å². The predicted octanol–water partition coefficient (Wildman–Crippen LogP) is 3.91. The number of nitrogens with two attached hydrogens (primary N) is 1. The van der Waals surface area contributed by atoms with Gasteiger partial charge in [-0.3, -0.25) is 4.68 Å². The summed E-state index contributed by atoms with van der Waals surface area (Å²) in [5, 5.41) is 6.73. The molecule has 0 radical (unpaired) electrons. The summed E-state index contributed by atoms with van der Waals surface area (Å²) in [6.07, 6.45) is 3.15. The number of benzene rings is 1. The van der Waals surface area contributed by atoms with Gasteiger partial charge >= 0.3 is 0 Å².